The van der Waals surface area contributed by atoms with Crippen LogP contribution in [0.15, 0.2) is 82.6 Å². The van der Waals surface area contributed by atoms with Crippen LogP contribution in [-0.2, 0) is 16.3 Å². The maximum Gasteiger partial charge on any atom is 0.206 e. The number of benzene rings is 3. The van der Waals surface area contributed by atoms with Gasteiger partial charge in [0.1, 0.15) is 11.6 Å². The van der Waals surface area contributed by atoms with E-state index in [1.807, 2.05) is 37.3 Å². The first-order valence-electron chi connectivity index (χ1n) is 9.60. The van der Waals surface area contributed by atoms with Gasteiger partial charge < -0.3 is 11.1 Å². The average molecular weight is 419 g/mol. The highest BCUT2D eigenvalue weighted by atomic mass is 32.2. The SMILES string of the molecule is Cc1nc(N)c2cc(NCCc3ccc(S(=O)(=O)c4ccccc4)cc3)ccc2n1. The second-order valence-corrected chi connectivity index (χ2v) is 8.97. The van der Waals surface area contributed by atoms with Crippen molar-refractivity contribution in [2.45, 2.75) is 23.1 Å². The number of rotatable bonds is 6. The first-order valence-corrected chi connectivity index (χ1v) is 11.1. The third-order valence-corrected chi connectivity index (χ3v) is 6.65. The summed E-state index contributed by atoms with van der Waals surface area (Å²) >= 11 is 0. The van der Waals surface area contributed by atoms with Gasteiger partial charge in [0, 0.05) is 17.6 Å². The van der Waals surface area contributed by atoms with E-state index >= 15 is 0 Å². The van der Waals surface area contributed by atoms with E-state index in [1.54, 1.807) is 42.5 Å². The van der Waals surface area contributed by atoms with E-state index in [0.717, 1.165) is 28.6 Å². The van der Waals surface area contributed by atoms with Gasteiger partial charge in [0.15, 0.2) is 0 Å². The molecule has 7 heteroatoms. The molecule has 1 heterocycles. The lowest BCUT2D eigenvalue weighted by molar-refractivity contribution is 0.596. The zero-order chi connectivity index (χ0) is 21.1. The van der Waals surface area contributed by atoms with E-state index in [4.69, 9.17) is 5.73 Å². The third kappa shape index (κ3) is 4.11. The molecule has 3 N–H and O–H groups in total. The molecule has 0 bridgehead atoms. The first-order chi connectivity index (χ1) is 14.4. The Balaban J connectivity index is 1.42. The van der Waals surface area contributed by atoms with Gasteiger partial charge in [0.2, 0.25) is 9.84 Å². The maximum atomic E-state index is 12.7. The molecular weight excluding hydrogens is 396 g/mol. The van der Waals surface area contributed by atoms with Gasteiger partial charge in [-0.25, -0.2) is 18.4 Å². The van der Waals surface area contributed by atoms with Gasteiger partial charge in [-0.2, -0.15) is 0 Å². The molecule has 0 saturated carbocycles. The van der Waals surface area contributed by atoms with Crippen LogP contribution in [0, 0.1) is 6.92 Å². The lowest BCUT2D eigenvalue weighted by Gasteiger charge is -2.10. The second kappa shape index (κ2) is 8.12. The van der Waals surface area contributed by atoms with Crippen molar-refractivity contribution in [3.05, 3.63) is 84.2 Å². The van der Waals surface area contributed by atoms with E-state index < -0.39 is 9.84 Å². The molecule has 3 aromatic carbocycles. The fourth-order valence-corrected chi connectivity index (χ4v) is 4.59. The van der Waals surface area contributed by atoms with Crippen LogP contribution in [-0.4, -0.2) is 24.9 Å². The molecule has 0 radical (unpaired) electrons. The Labute approximate surface area is 175 Å². The molecule has 1 aromatic heterocycles. The highest BCUT2D eigenvalue weighted by Crippen LogP contribution is 2.23. The van der Waals surface area contributed by atoms with E-state index in [2.05, 4.69) is 15.3 Å². The van der Waals surface area contributed by atoms with Crippen molar-refractivity contribution in [2.75, 3.05) is 17.6 Å². The van der Waals surface area contributed by atoms with Crippen LogP contribution in [0.25, 0.3) is 10.9 Å². The summed E-state index contributed by atoms with van der Waals surface area (Å²) in [5, 5.41) is 4.19. The summed E-state index contributed by atoms with van der Waals surface area (Å²) in [6.45, 7) is 2.52. The number of aryl methyl sites for hydroxylation is 1. The predicted molar refractivity (Wildman–Crippen MR) is 119 cm³/mol. The number of sulfone groups is 1. The van der Waals surface area contributed by atoms with Gasteiger partial charge in [-0.1, -0.05) is 30.3 Å². The number of anilines is 2. The fraction of sp³-hybridized carbons (Fsp3) is 0.130. The molecule has 4 aromatic rings. The van der Waals surface area contributed by atoms with Crippen LogP contribution in [0.3, 0.4) is 0 Å². The van der Waals surface area contributed by atoms with Crippen LogP contribution in [0.2, 0.25) is 0 Å². The van der Waals surface area contributed by atoms with Crippen molar-refractivity contribution < 1.29 is 8.42 Å². The van der Waals surface area contributed by atoms with Crippen molar-refractivity contribution in [1.82, 2.24) is 9.97 Å². The van der Waals surface area contributed by atoms with Crippen molar-refractivity contribution in [3.8, 4) is 0 Å². The smallest absolute Gasteiger partial charge is 0.206 e. The van der Waals surface area contributed by atoms with Crippen molar-refractivity contribution in [2.24, 2.45) is 0 Å². The normalized spacial score (nSPS) is 11.5. The molecule has 0 unspecified atom stereocenters. The van der Waals surface area contributed by atoms with Gasteiger partial charge in [-0.15, -0.1) is 0 Å². The molecule has 0 aliphatic rings. The maximum absolute atomic E-state index is 12.7. The third-order valence-electron chi connectivity index (χ3n) is 4.87. The molecule has 4 rings (SSSR count). The number of hydrogen-bond acceptors (Lipinski definition) is 6. The first kappa shape index (κ1) is 19.8. The van der Waals surface area contributed by atoms with Gasteiger partial charge >= 0.3 is 0 Å². The number of hydrogen-bond donors (Lipinski definition) is 2. The van der Waals surface area contributed by atoms with Crippen LogP contribution >= 0.6 is 0 Å². The topological polar surface area (TPSA) is 98.0 Å². The number of nitrogen functional groups attached to an aromatic ring is 1. The van der Waals surface area contributed by atoms with Gasteiger partial charge in [0.05, 0.1) is 15.3 Å². The largest absolute Gasteiger partial charge is 0.385 e. The molecule has 0 aliphatic carbocycles. The highest BCUT2D eigenvalue weighted by molar-refractivity contribution is 7.91. The fourth-order valence-electron chi connectivity index (χ4n) is 3.30. The van der Waals surface area contributed by atoms with Gasteiger partial charge in [-0.05, 0) is 61.4 Å². The zero-order valence-corrected chi connectivity index (χ0v) is 17.4. The van der Waals surface area contributed by atoms with Crippen molar-refractivity contribution >= 4 is 32.2 Å². The standard InChI is InChI=1S/C23H22N4O2S/c1-16-26-22-12-9-18(15-21(22)23(24)27-16)25-14-13-17-7-10-20(11-8-17)30(28,29)19-5-3-2-4-6-19/h2-12,15,25H,13-14H2,1H3,(H2,24,26,27). The molecule has 6 nitrogen and oxygen atoms in total. The Morgan fingerprint density at radius 1 is 0.900 bits per heavy atom. The Kier molecular flexibility index (Phi) is 5.37. The monoisotopic (exact) mass is 418 g/mol. The minimum atomic E-state index is -3.49. The lowest BCUT2D eigenvalue weighted by Crippen LogP contribution is -2.06. The minimum Gasteiger partial charge on any atom is -0.385 e. The number of aromatic nitrogens is 2. The van der Waals surface area contributed by atoms with Crippen LogP contribution in [0.1, 0.15) is 11.4 Å². The van der Waals surface area contributed by atoms with Crippen LogP contribution < -0.4 is 11.1 Å². The van der Waals surface area contributed by atoms with Gasteiger partial charge in [0.25, 0.3) is 0 Å². The number of nitrogens with zero attached hydrogens (tertiary/aromatic N) is 2. The average Bonchev–Trinajstić information content (AvgIpc) is 2.75. The summed E-state index contributed by atoms with van der Waals surface area (Å²) in [6, 6.07) is 21.3. The summed E-state index contributed by atoms with van der Waals surface area (Å²) in [7, 11) is -3.49. The minimum absolute atomic E-state index is 0.297. The second-order valence-electron chi connectivity index (χ2n) is 7.03. The zero-order valence-electron chi connectivity index (χ0n) is 16.5. The molecule has 0 fully saturated rings. The Morgan fingerprint density at radius 3 is 2.33 bits per heavy atom. The number of fused-ring (bicyclic) bond motifs is 1. The predicted octanol–water partition coefficient (Wildman–Crippen LogP) is 4.01. The summed E-state index contributed by atoms with van der Waals surface area (Å²) in [6.07, 6.45) is 0.754. The molecular formula is C23H22N4O2S. The molecule has 0 atom stereocenters. The molecule has 0 saturated heterocycles. The van der Waals surface area contributed by atoms with Gasteiger partial charge in [-0.3, -0.25) is 0 Å². The summed E-state index contributed by atoms with van der Waals surface area (Å²) in [5.74, 6) is 1.12. The molecule has 0 aliphatic heterocycles. The Morgan fingerprint density at radius 2 is 1.60 bits per heavy atom. The lowest BCUT2D eigenvalue weighted by atomic mass is 10.1. The van der Waals surface area contributed by atoms with Crippen LogP contribution in [0.4, 0.5) is 11.5 Å². The highest BCUT2D eigenvalue weighted by Gasteiger charge is 2.16. The summed E-state index contributed by atoms with van der Waals surface area (Å²) in [5.41, 5.74) is 8.81. The van der Waals surface area contributed by atoms with E-state index in [1.165, 1.54) is 0 Å². The molecule has 0 amide bonds. The van der Waals surface area contributed by atoms with E-state index in [-0.39, 0.29) is 0 Å². The summed E-state index contributed by atoms with van der Waals surface area (Å²) in [4.78, 5) is 9.19. The number of nitrogens with one attached hydrogen (secondary N) is 1. The van der Waals surface area contributed by atoms with Crippen LogP contribution in [0.5, 0.6) is 0 Å². The molecule has 152 valence electrons. The summed E-state index contributed by atoms with van der Waals surface area (Å²) < 4.78 is 25.3. The molecule has 0 spiro atoms. The van der Waals surface area contributed by atoms with E-state index in [9.17, 15) is 8.42 Å². The van der Waals surface area contributed by atoms with Crippen molar-refractivity contribution in [3.63, 3.8) is 0 Å². The molecule has 30 heavy (non-hydrogen) atoms. The Hall–Kier alpha value is -3.45. The van der Waals surface area contributed by atoms with E-state index in [0.29, 0.717) is 28.0 Å². The van der Waals surface area contributed by atoms with Crippen molar-refractivity contribution in [1.29, 1.82) is 0 Å². The Bertz CT molecular complexity index is 1290. The quantitative estimate of drug-likeness (QED) is 0.491. The number of nitrogens with two attached hydrogens (primary N) is 1.